The lowest BCUT2D eigenvalue weighted by molar-refractivity contribution is -0.137. The molecule has 1 nitrogen and oxygen atoms in total. The van der Waals surface area contributed by atoms with Gasteiger partial charge < -0.3 is 0 Å². The highest BCUT2D eigenvalue weighted by molar-refractivity contribution is 6.31. The third-order valence-electron chi connectivity index (χ3n) is 4.15. The Bertz CT molecular complexity index is 493. The van der Waals surface area contributed by atoms with Crippen LogP contribution < -0.4 is 0 Å². The van der Waals surface area contributed by atoms with Crippen molar-refractivity contribution >= 4 is 11.6 Å². The second kappa shape index (κ2) is 6.13. The molecule has 0 aromatic heterocycles. The van der Waals surface area contributed by atoms with Gasteiger partial charge in [0.25, 0.3) is 0 Å². The average molecular weight is 324 g/mol. The molecule has 1 saturated heterocycles. The van der Waals surface area contributed by atoms with Crippen LogP contribution in [0.4, 0.5) is 17.6 Å². The summed E-state index contributed by atoms with van der Waals surface area (Å²) in [5.41, 5.74) is -1.39. The fraction of sp³-hybridized carbons (Fsp3) is 0.600. The van der Waals surface area contributed by atoms with Gasteiger partial charge in [-0.1, -0.05) is 18.5 Å². The van der Waals surface area contributed by atoms with E-state index in [0.717, 1.165) is 12.1 Å². The monoisotopic (exact) mass is 323 g/mol. The summed E-state index contributed by atoms with van der Waals surface area (Å²) in [6.45, 7) is 3.22. The Kier molecular flexibility index (Phi) is 4.83. The predicted molar refractivity (Wildman–Crippen MR) is 75.1 cm³/mol. The van der Waals surface area contributed by atoms with Gasteiger partial charge in [-0.15, -0.1) is 0 Å². The van der Waals surface area contributed by atoms with Crippen molar-refractivity contribution in [2.24, 2.45) is 0 Å². The van der Waals surface area contributed by atoms with E-state index in [1.165, 1.54) is 6.07 Å². The third kappa shape index (κ3) is 4.10. The Morgan fingerprint density at radius 1 is 1.24 bits per heavy atom. The Labute approximate surface area is 126 Å². The maximum atomic E-state index is 14.1. The zero-order valence-electron chi connectivity index (χ0n) is 11.8. The van der Waals surface area contributed by atoms with Crippen molar-refractivity contribution in [1.82, 2.24) is 4.90 Å². The van der Waals surface area contributed by atoms with Crippen LogP contribution >= 0.6 is 11.6 Å². The molecule has 0 radical (unpaired) electrons. The van der Waals surface area contributed by atoms with E-state index < -0.39 is 17.4 Å². The van der Waals surface area contributed by atoms with Gasteiger partial charge in [-0.3, -0.25) is 4.90 Å². The number of likely N-dealkylation sites (tertiary alicyclic amines) is 1. The van der Waals surface area contributed by atoms with E-state index in [-0.39, 0.29) is 0 Å². The number of halogens is 5. The molecule has 0 amide bonds. The van der Waals surface area contributed by atoms with E-state index in [9.17, 15) is 17.6 Å². The summed E-state index contributed by atoms with van der Waals surface area (Å²) < 4.78 is 52.3. The summed E-state index contributed by atoms with van der Waals surface area (Å²) in [5, 5.41) is 0.315. The van der Waals surface area contributed by atoms with E-state index in [1.54, 1.807) is 0 Å². The summed E-state index contributed by atoms with van der Waals surface area (Å²) >= 11 is 5.98. The lowest BCUT2D eigenvalue weighted by Crippen LogP contribution is -2.41. The van der Waals surface area contributed by atoms with E-state index in [2.05, 4.69) is 0 Å². The molecule has 1 aliphatic heterocycles. The maximum Gasteiger partial charge on any atom is 0.416 e. The SMILES string of the molecule is CCC1(F)CCN(Cc2cc(C(F)(F)F)ccc2Cl)CC1. The highest BCUT2D eigenvalue weighted by Gasteiger charge is 2.34. The van der Waals surface area contributed by atoms with Gasteiger partial charge >= 0.3 is 6.18 Å². The Balaban J connectivity index is 2.07. The van der Waals surface area contributed by atoms with Crippen molar-refractivity contribution in [2.75, 3.05) is 13.1 Å². The minimum atomic E-state index is -4.38. The zero-order valence-corrected chi connectivity index (χ0v) is 12.6. The van der Waals surface area contributed by atoms with Gasteiger partial charge in [0.15, 0.2) is 0 Å². The second-order valence-electron chi connectivity index (χ2n) is 5.58. The molecule has 0 saturated carbocycles. The van der Waals surface area contributed by atoms with Crippen LogP contribution in [0.15, 0.2) is 18.2 Å². The summed E-state index contributed by atoms with van der Waals surface area (Å²) in [6.07, 6.45) is -3.07. The molecule has 0 bridgehead atoms. The molecule has 0 aliphatic carbocycles. The van der Waals surface area contributed by atoms with Crippen LogP contribution in [0.25, 0.3) is 0 Å². The molecule has 2 rings (SSSR count). The molecule has 1 fully saturated rings. The molecule has 1 heterocycles. The number of hydrogen-bond acceptors (Lipinski definition) is 1. The van der Waals surface area contributed by atoms with Crippen LogP contribution in [0.5, 0.6) is 0 Å². The number of rotatable bonds is 3. The quantitative estimate of drug-likeness (QED) is 0.702. The van der Waals surface area contributed by atoms with E-state index in [4.69, 9.17) is 11.6 Å². The highest BCUT2D eigenvalue weighted by atomic mass is 35.5. The van der Waals surface area contributed by atoms with Crippen molar-refractivity contribution < 1.29 is 17.6 Å². The normalized spacial score (nSPS) is 19.7. The molecule has 1 aliphatic rings. The van der Waals surface area contributed by atoms with Gasteiger partial charge in [-0.2, -0.15) is 13.2 Å². The Morgan fingerprint density at radius 2 is 1.86 bits per heavy atom. The zero-order chi connectivity index (χ0) is 15.7. The first-order valence-electron chi connectivity index (χ1n) is 7.00. The lowest BCUT2D eigenvalue weighted by Gasteiger charge is -2.36. The molecule has 118 valence electrons. The van der Waals surface area contributed by atoms with E-state index >= 15 is 0 Å². The average Bonchev–Trinajstić information content (AvgIpc) is 2.42. The smallest absolute Gasteiger partial charge is 0.299 e. The van der Waals surface area contributed by atoms with Gasteiger partial charge in [-0.05, 0) is 43.0 Å². The van der Waals surface area contributed by atoms with Crippen LogP contribution in [0.3, 0.4) is 0 Å². The van der Waals surface area contributed by atoms with Crippen molar-refractivity contribution in [3.05, 3.63) is 34.3 Å². The van der Waals surface area contributed by atoms with Crippen LogP contribution in [0, 0.1) is 0 Å². The molecule has 6 heteroatoms. The topological polar surface area (TPSA) is 3.24 Å². The minimum Gasteiger partial charge on any atom is -0.299 e. The molecule has 1 aromatic carbocycles. The predicted octanol–water partition coefficient (Wildman–Crippen LogP) is 5.07. The number of hydrogen-bond donors (Lipinski definition) is 0. The summed E-state index contributed by atoms with van der Waals surface area (Å²) in [5.74, 6) is 0. The minimum absolute atomic E-state index is 0.315. The number of alkyl halides is 4. The highest BCUT2D eigenvalue weighted by Crippen LogP contribution is 2.34. The lowest BCUT2D eigenvalue weighted by atomic mass is 9.90. The van der Waals surface area contributed by atoms with Gasteiger partial charge in [0, 0.05) is 24.7 Å². The Hall–Kier alpha value is -0.810. The van der Waals surface area contributed by atoms with Crippen LogP contribution in [0.1, 0.15) is 37.3 Å². The fourth-order valence-corrected chi connectivity index (χ4v) is 2.76. The molecule has 0 N–H and O–H groups in total. The number of nitrogens with zero attached hydrogens (tertiary/aromatic N) is 1. The molecular formula is C15H18ClF4N. The van der Waals surface area contributed by atoms with Crippen molar-refractivity contribution in [3.8, 4) is 0 Å². The fourth-order valence-electron chi connectivity index (χ4n) is 2.58. The summed E-state index contributed by atoms with van der Waals surface area (Å²) in [4.78, 5) is 1.95. The number of piperidine rings is 1. The second-order valence-corrected chi connectivity index (χ2v) is 5.99. The summed E-state index contributed by atoms with van der Waals surface area (Å²) in [7, 11) is 0. The van der Waals surface area contributed by atoms with Gasteiger partial charge in [-0.25, -0.2) is 4.39 Å². The molecule has 1 aromatic rings. The van der Waals surface area contributed by atoms with Crippen LogP contribution in [-0.2, 0) is 12.7 Å². The first-order valence-corrected chi connectivity index (χ1v) is 7.38. The first kappa shape index (κ1) is 16.6. The summed E-state index contributed by atoms with van der Waals surface area (Å²) in [6, 6.07) is 3.33. The van der Waals surface area contributed by atoms with Gasteiger partial charge in [0.2, 0.25) is 0 Å². The molecule has 0 spiro atoms. The van der Waals surface area contributed by atoms with E-state index in [0.29, 0.717) is 49.5 Å². The molecule has 0 atom stereocenters. The Morgan fingerprint density at radius 3 is 2.38 bits per heavy atom. The third-order valence-corrected chi connectivity index (χ3v) is 4.52. The van der Waals surface area contributed by atoms with Crippen molar-refractivity contribution in [3.63, 3.8) is 0 Å². The van der Waals surface area contributed by atoms with Gasteiger partial charge in [0.05, 0.1) is 5.56 Å². The number of benzene rings is 1. The molecular weight excluding hydrogens is 306 g/mol. The van der Waals surface area contributed by atoms with Crippen molar-refractivity contribution in [1.29, 1.82) is 0 Å². The first-order chi connectivity index (χ1) is 9.73. The standard InChI is InChI=1S/C15H18ClF4N/c1-2-14(17)5-7-21(8-6-14)10-11-9-12(15(18,19)20)3-4-13(11)16/h3-4,9H,2,5-8,10H2,1H3. The van der Waals surface area contributed by atoms with Crippen molar-refractivity contribution in [2.45, 2.75) is 44.6 Å². The molecule has 21 heavy (non-hydrogen) atoms. The maximum absolute atomic E-state index is 14.1. The van der Waals surface area contributed by atoms with Gasteiger partial charge in [0.1, 0.15) is 5.67 Å². The van der Waals surface area contributed by atoms with Crippen LogP contribution in [-0.4, -0.2) is 23.7 Å². The van der Waals surface area contributed by atoms with Crippen LogP contribution in [0.2, 0.25) is 5.02 Å². The van der Waals surface area contributed by atoms with E-state index in [1.807, 2.05) is 11.8 Å². The molecule has 0 unspecified atom stereocenters. The largest absolute Gasteiger partial charge is 0.416 e.